The van der Waals surface area contributed by atoms with Gasteiger partial charge in [-0.1, -0.05) is 79.3 Å². The maximum Gasteiger partial charge on any atom is 0.439 e. The molecule has 3 heterocycles. The van der Waals surface area contributed by atoms with Crippen molar-refractivity contribution in [3.63, 3.8) is 0 Å². The Hall–Kier alpha value is -3.89. The molecule has 0 amide bonds. The van der Waals surface area contributed by atoms with Crippen LogP contribution in [-0.4, -0.2) is 54.9 Å². The average molecular weight is 602 g/mol. The number of hydrogen-bond donors (Lipinski definition) is 1. The second-order valence-electron chi connectivity index (χ2n) is 11.3. The second-order valence-corrected chi connectivity index (χ2v) is 11.8. The third-order valence-electron chi connectivity index (χ3n) is 8.08. The van der Waals surface area contributed by atoms with Crippen LogP contribution in [0.4, 0.5) is 0 Å². The number of unbranched alkanes of at least 4 members (excludes halogenated alkanes) is 1. The molecule has 2 aromatic carbocycles. The van der Waals surface area contributed by atoms with Crippen LogP contribution in [0.3, 0.4) is 0 Å². The molecule has 0 saturated carbocycles. The number of aromatic nitrogens is 4. The smallest absolute Gasteiger partial charge is 0.377 e. The Kier molecular flexibility index (Phi) is 9.67. The van der Waals surface area contributed by atoms with E-state index in [-0.39, 0.29) is 17.6 Å². The molecule has 1 N–H and O–H groups in total. The monoisotopic (exact) mass is 601 g/mol. The predicted molar refractivity (Wildman–Crippen MR) is 171 cm³/mol. The number of nitrogens with one attached hydrogen (secondary N) is 1. The summed E-state index contributed by atoms with van der Waals surface area (Å²) in [6.07, 6.45) is 3.91. The van der Waals surface area contributed by atoms with Gasteiger partial charge in [0.2, 0.25) is 0 Å². The molecule has 0 bridgehead atoms. The number of H-pyrrole nitrogens is 1. The summed E-state index contributed by atoms with van der Waals surface area (Å²) in [7, 11) is 0. The zero-order chi connectivity index (χ0) is 30.5. The first-order valence-corrected chi connectivity index (χ1v) is 15.4. The summed E-state index contributed by atoms with van der Waals surface area (Å²) in [5.74, 6) is 0.602. The van der Waals surface area contributed by atoms with Crippen LogP contribution < -0.4 is 11.3 Å². The Morgan fingerprint density at radius 2 is 1.72 bits per heavy atom. The van der Waals surface area contributed by atoms with Gasteiger partial charge in [-0.2, -0.15) is 0 Å². The maximum absolute atomic E-state index is 14.0. The molecule has 0 spiro atoms. The third-order valence-corrected chi connectivity index (χ3v) is 8.49. The molecule has 1 saturated heterocycles. The lowest BCUT2D eigenvalue weighted by Crippen LogP contribution is -2.52. The quantitative estimate of drug-likeness (QED) is 0.244. The van der Waals surface area contributed by atoms with Crippen molar-refractivity contribution in [2.24, 2.45) is 0 Å². The van der Waals surface area contributed by atoms with Gasteiger partial charge in [-0.3, -0.25) is 18.9 Å². The zero-order valence-corrected chi connectivity index (χ0v) is 26.1. The first-order valence-electron chi connectivity index (χ1n) is 15.0. The fraction of sp³-hybridized carbons (Fsp3) is 0.424. The van der Waals surface area contributed by atoms with Crippen LogP contribution in [0.5, 0.6) is 0 Å². The lowest BCUT2D eigenvalue weighted by molar-refractivity contribution is -0.000313. The summed E-state index contributed by atoms with van der Waals surface area (Å²) in [6, 6.07) is 16.2. The number of aromatic amines is 1. The highest BCUT2D eigenvalue weighted by atomic mass is 32.1. The van der Waals surface area contributed by atoms with E-state index in [1.54, 1.807) is 0 Å². The highest BCUT2D eigenvalue weighted by Crippen LogP contribution is 2.30. The molecule has 9 nitrogen and oxygen atoms in total. The van der Waals surface area contributed by atoms with Gasteiger partial charge in [-0.05, 0) is 50.3 Å². The summed E-state index contributed by atoms with van der Waals surface area (Å²) in [5.41, 5.74) is 5.17. The first kappa shape index (κ1) is 30.6. The van der Waals surface area contributed by atoms with Crippen LogP contribution in [0.2, 0.25) is 0 Å². The summed E-state index contributed by atoms with van der Waals surface area (Å²) in [5, 5.41) is 3.86. The largest absolute Gasteiger partial charge is 0.439 e. The van der Waals surface area contributed by atoms with Crippen LogP contribution in [0.15, 0.2) is 62.6 Å². The van der Waals surface area contributed by atoms with Crippen molar-refractivity contribution in [3.8, 4) is 22.5 Å². The molecule has 1 aliphatic rings. The van der Waals surface area contributed by atoms with Crippen molar-refractivity contribution in [2.75, 3.05) is 13.2 Å². The molecule has 43 heavy (non-hydrogen) atoms. The van der Waals surface area contributed by atoms with E-state index in [1.807, 2.05) is 60.0 Å². The summed E-state index contributed by atoms with van der Waals surface area (Å²) >= 11 is 5.84. The zero-order valence-electron chi connectivity index (χ0n) is 25.3. The Bertz CT molecular complexity index is 1680. The Morgan fingerprint density at radius 1 is 1.02 bits per heavy atom. The number of hydrogen-bond acceptors (Lipinski definition) is 7. The number of thiocarbonyl (C=S) groups is 1. The maximum atomic E-state index is 14.0. The first-order chi connectivity index (χ1) is 20.8. The Labute approximate surface area is 256 Å². The topological polar surface area (TPSA) is 106 Å². The van der Waals surface area contributed by atoms with Crippen molar-refractivity contribution in [1.82, 2.24) is 24.6 Å². The van der Waals surface area contributed by atoms with Crippen molar-refractivity contribution in [3.05, 3.63) is 92.1 Å². The average Bonchev–Trinajstić information content (AvgIpc) is 3.44. The SMILES string of the molecule is CCCCc1nc(C)c(CCC(=S)N2C(C)COCC2C)c(=O)n1Cc1ccc(-c2ccccc2-c2noc(=O)[nH]2)cc1. The van der Waals surface area contributed by atoms with Crippen LogP contribution in [0.1, 0.15) is 62.7 Å². The van der Waals surface area contributed by atoms with E-state index in [0.717, 1.165) is 63.6 Å². The molecular formula is C33H39N5O4S. The highest BCUT2D eigenvalue weighted by molar-refractivity contribution is 7.80. The predicted octanol–water partition coefficient (Wildman–Crippen LogP) is 5.32. The second kappa shape index (κ2) is 13.6. The summed E-state index contributed by atoms with van der Waals surface area (Å²) < 4.78 is 12.2. The molecule has 226 valence electrons. The Morgan fingerprint density at radius 3 is 2.37 bits per heavy atom. The van der Waals surface area contributed by atoms with Gasteiger partial charge in [0.05, 0.1) is 36.8 Å². The molecule has 2 atom stereocenters. The van der Waals surface area contributed by atoms with E-state index < -0.39 is 5.76 Å². The van der Waals surface area contributed by atoms with E-state index in [0.29, 0.717) is 38.4 Å². The van der Waals surface area contributed by atoms with Crippen LogP contribution >= 0.6 is 12.2 Å². The fourth-order valence-corrected chi connectivity index (χ4v) is 6.31. The van der Waals surface area contributed by atoms with E-state index in [2.05, 4.69) is 35.8 Å². The van der Waals surface area contributed by atoms with Crippen molar-refractivity contribution < 1.29 is 9.26 Å². The van der Waals surface area contributed by atoms with Crippen LogP contribution in [-0.2, 0) is 24.1 Å². The molecule has 4 aromatic rings. The molecule has 10 heteroatoms. The van der Waals surface area contributed by atoms with Gasteiger partial charge in [0, 0.05) is 29.7 Å². The molecule has 1 aliphatic heterocycles. The van der Waals surface area contributed by atoms with Gasteiger partial charge in [0.1, 0.15) is 5.82 Å². The third kappa shape index (κ3) is 6.86. The molecule has 2 unspecified atom stereocenters. The van der Waals surface area contributed by atoms with Gasteiger partial charge >= 0.3 is 5.76 Å². The Balaban J connectivity index is 1.40. The lowest BCUT2D eigenvalue weighted by atomic mass is 9.98. The van der Waals surface area contributed by atoms with Crippen molar-refractivity contribution in [2.45, 2.75) is 78.4 Å². The molecule has 2 aromatic heterocycles. The molecule has 0 radical (unpaired) electrons. The number of benzene rings is 2. The lowest BCUT2D eigenvalue weighted by Gasteiger charge is -2.40. The van der Waals surface area contributed by atoms with E-state index in [9.17, 15) is 9.59 Å². The van der Waals surface area contributed by atoms with Crippen molar-refractivity contribution >= 4 is 17.2 Å². The number of ether oxygens (including phenoxy) is 1. The highest BCUT2D eigenvalue weighted by Gasteiger charge is 2.27. The summed E-state index contributed by atoms with van der Waals surface area (Å²) in [4.78, 5) is 36.2. The summed E-state index contributed by atoms with van der Waals surface area (Å²) in [6.45, 7) is 10.1. The number of rotatable bonds is 10. The van der Waals surface area contributed by atoms with Gasteiger partial charge < -0.3 is 9.64 Å². The van der Waals surface area contributed by atoms with Gasteiger partial charge in [0.15, 0.2) is 5.82 Å². The minimum atomic E-state index is -0.595. The fourth-order valence-electron chi connectivity index (χ4n) is 5.85. The van der Waals surface area contributed by atoms with Crippen molar-refractivity contribution in [1.29, 1.82) is 0 Å². The van der Waals surface area contributed by atoms with Gasteiger partial charge in [0.25, 0.3) is 5.56 Å². The molecular weight excluding hydrogens is 562 g/mol. The normalized spacial score (nSPS) is 16.9. The van der Waals surface area contributed by atoms with E-state index in [4.69, 9.17) is 26.5 Å². The standard InChI is InChI=1S/C33H39N5O4S/c1-5-6-11-29-34-23(4)26(16-17-30(43)38-21(2)19-41-20-22(38)3)32(39)37(29)18-24-12-14-25(15-13-24)27-9-7-8-10-28(27)31-35-33(40)42-36-31/h7-10,12-15,21-22H,5-6,11,16-20H2,1-4H3,(H,35,36,40). The van der Waals surface area contributed by atoms with E-state index in [1.165, 1.54) is 0 Å². The van der Waals surface area contributed by atoms with Gasteiger partial charge in [-0.15, -0.1) is 0 Å². The number of aryl methyl sites for hydroxylation is 2. The molecule has 1 fully saturated rings. The van der Waals surface area contributed by atoms with E-state index >= 15 is 0 Å². The van der Waals surface area contributed by atoms with Crippen LogP contribution in [0.25, 0.3) is 22.5 Å². The van der Waals surface area contributed by atoms with Crippen LogP contribution in [0, 0.1) is 6.92 Å². The molecule has 0 aliphatic carbocycles. The number of morpholine rings is 1. The van der Waals surface area contributed by atoms with Gasteiger partial charge in [-0.25, -0.2) is 9.78 Å². The minimum absolute atomic E-state index is 0.00823. The number of nitrogens with zero attached hydrogens (tertiary/aromatic N) is 4. The molecule has 5 rings (SSSR count). The minimum Gasteiger partial charge on any atom is -0.377 e.